The molecular formula is C27H24ClN7O. The normalized spacial score (nSPS) is 16.2. The van der Waals surface area contributed by atoms with E-state index in [1.54, 1.807) is 35.1 Å². The summed E-state index contributed by atoms with van der Waals surface area (Å²) in [5.74, 6) is 0.871. The molecular weight excluding hydrogens is 474 g/mol. The van der Waals surface area contributed by atoms with Gasteiger partial charge in [0, 0.05) is 43.4 Å². The lowest BCUT2D eigenvalue weighted by molar-refractivity contribution is 0.277. The van der Waals surface area contributed by atoms with E-state index in [9.17, 15) is 4.79 Å². The maximum atomic E-state index is 13.5. The lowest BCUT2D eigenvalue weighted by Gasteiger charge is -2.18. The van der Waals surface area contributed by atoms with Crippen molar-refractivity contribution in [2.24, 2.45) is 0 Å². The van der Waals surface area contributed by atoms with E-state index in [1.807, 2.05) is 12.1 Å². The number of nitrogens with one attached hydrogen (secondary N) is 1. The van der Waals surface area contributed by atoms with E-state index in [-0.39, 0.29) is 5.56 Å². The van der Waals surface area contributed by atoms with Crippen molar-refractivity contribution in [2.45, 2.75) is 31.7 Å². The Morgan fingerprint density at radius 3 is 2.67 bits per heavy atom. The molecule has 5 aromatic rings. The maximum absolute atomic E-state index is 13.5. The number of nitrogens with zero attached hydrogens (tertiary/aromatic N) is 6. The number of rotatable bonds is 4. The highest BCUT2D eigenvalue weighted by atomic mass is 35.5. The Morgan fingerprint density at radius 1 is 1.00 bits per heavy atom. The van der Waals surface area contributed by atoms with Gasteiger partial charge in [0.2, 0.25) is 11.7 Å². The van der Waals surface area contributed by atoms with Crippen LogP contribution < -0.4 is 10.9 Å². The molecule has 8 nitrogen and oxygen atoms in total. The van der Waals surface area contributed by atoms with Gasteiger partial charge in [0.25, 0.3) is 5.56 Å². The SMILES string of the molecule is O=c1c2cnc(Nc3ccc4c(c3)CCN(C3CC3)CC4)nc2n2ccnc2n1-c1ccccc1Cl. The minimum Gasteiger partial charge on any atom is -0.324 e. The van der Waals surface area contributed by atoms with E-state index >= 15 is 0 Å². The lowest BCUT2D eigenvalue weighted by Crippen LogP contribution is -2.28. The van der Waals surface area contributed by atoms with Crippen LogP contribution in [0.2, 0.25) is 5.02 Å². The number of hydrogen-bond acceptors (Lipinski definition) is 6. The summed E-state index contributed by atoms with van der Waals surface area (Å²) < 4.78 is 3.29. The van der Waals surface area contributed by atoms with Crippen molar-refractivity contribution in [3.8, 4) is 5.69 Å². The molecule has 1 saturated carbocycles. The van der Waals surface area contributed by atoms with Crippen LogP contribution in [-0.4, -0.2) is 48.0 Å². The largest absolute Gasteiger partial charge is 0.324 e. The van der Waals surface area contributed by atoms with Crippen molar-refractivity contribution < 1.29 is 0 Å². The fourth-order valence-electron chi connectivity index (χ4n) is 5.21. The Bertz CT molecular complexity index is 1690. The highest BCUT2D eigenvalue weighted by Crippen LogP contribution is 2.30. The fourth-order valence-corrected chi connectivity index (χ4v) is 5.43. The van der Waals surface area contributed by atoms with Gasteiger partial charge in [0.1, 0.15) is 5.39 Å². The fraction of sp³-hybridized carbons (Fsp3) is 0.259. The number of para-hydroxylation sites is 1. The zero-order chi connectivity index (χ0) is 24.2. The summed E-state index contributed by atoms with van der Waals surface area (Å²) in [6, 6.07) is 14.5. The van der Waals surface area contributed by atoms with E-state index < -0.39 is 0 Å². The van der Waals surface area contributed by atoms with Gasteiger partial charge >= 0.3 is 0 Å². The summed E-state index contributed by atoms with van der Waals surface area (Å²) >= 11 is 6.41. The van der Waals surface area contributed by atoms with Crippen molar-refractivity contribution in [1.29, 1.82) is 0 Å². The standard InChI is InChI=1S/C27H24ClN7O/c28-22-3-1-2-4-23(22)35-25(36)21-16-30-26(32-24(21)34-14-11-29-27(34)35)31-19-6-5-17-9-12-33(20-7-8-20)13-10-18(17)15-19/h1-6,11,14-16,20H,7-10,12-13H2,(H,30,31,32). The molecule has 36 heavy (non-hydrogen) atoms. The van der Waals surface area contributed by atoms with Crippen molar-refractivity contribution in [3.05, 3.63) is 87.6 Å². The third-order valence-corrected chi connectivity index (χ3v) is 7.53. The van der Waals surface area contributed by atoms with Gasteiger partial charge in [0.05, 0.1) is 10.7 Å². The number of benzene rings is 2. The molecule has 1 aliphatic heterocycles. The van der Waals surface area contributed by atoms with Gasteiger partial charge < -0.3 is 5.32 Å². The van der Waals surface area contributed by atoms with Crippen molar-refractivity contribution in [1.82, 2.24) is 28.8 Å². The molecule has 0 spiro atoms. The molecule has 4 heterocycles. The topological polar surface area (TPSA) is 80.3 Å². The molecule has 0 atom stereocenters. The first-order valence-electron chi connectivity index (χ1n) is 12.3. The van der Waals surface area contributed by atoms with Crippen molar-refractivity contribution in [3.63, 3.8) is 0 Å². The third kappa shape index (κ3) is 3.65. The molecule has 1 fully saturated rings. The maximum Gasteiger partial charge on any atom is 0.270 e. The number of imidazole rings is 1. The number of aromatic nitrogens is 5. The molecule has 180 valence electrons. The third-order valence-electron chi connectivity index (χ3n) is 7.21. The molecule has 9 heteroatoms. The van der Waals surface area contributed by atoms with E-state index in [0.29, 0.717) is 33.5 Å². The molecule has 0 unspecified atom stereocenters. The molecule has 0 radical (unpaired) electrons. The first-order valence-corrected chi connectivity index (χ1v) is 12.7. The Kier molecular flexibility index (Phi) is 5.04. The van der Waals surface area contributed by atoms with Crippen LogP contribution in [0.1, 0.15) is 24.0 Å². The summed E-state index contributed by atoms with van der Waals surface area (Å²) in [4.78, 5) is 29.7. The van der Waals surface area contributed by atoms with Crippen molar-refractivity contribution in [2.75, 3.05) is 18.4 Å². The summed E-state index contributed by atoms with van der Waals surface area (Å²) in [7, 11) is 0. The van der Waals surface area contributed by atoms with Crippen LogP contribution in [0.3, 0.4) is 0 Å². The Hall–Kier alpha value is -3.75. The average molecular weight is 498 g/mol. The van der Waals surface area contributed by atoms with Crippen LogP contribution in [0.15, 0.2) is 65.8 Å². The van der Waals surface area contributed by atoms with Gasteiger partial charge in [-0.1, -0.05) is 29.8 Å². The highest BCUT2D eigenvalue weighted by Gasteiger charge is 2.29. The molecule has 0 bridgehead atoms. The van der Waals surface area contributed by atoms with Gasteiger partial charge in [-0.05, 0) is 61.1 Å². The van der Waals surface area contributed by atoms with Gasteiger partial charge in [-0.3, -0.25) is 14.1 Å². The van der Waals surface area contributed by atoms with Crippen molar-refractivity contribution >= 4 is 40.0 Å². The molecule has 7 rings (SSSR count). The molecule has 0 saturated heterocycles. The van der Waals surface area contributed by atoms with Gasteiger partial charge in [0.15, 0.2) is 5.65 Å². The predicted molar refractivity (Wildman–Crippen MR) is 141 cm³/mol. The highest BCUT2D eigenvalue weighted by molar-refractivity contribution is 6.32. The van der Waals surface area contributed by atoms with Crippen LogP contribution in [0.5, 0.6) is 0 Å². The smallest absolute Gasteiger partial charge is 0.270 e. The van der Waals surface area contributed by atoms with E-state index in [4.69, 9.17) is 16.6 Å². The zero-order valence-corrected chi connectivity index (χ0v) is 20.3. The van der Waals surface area contributed by atoms with Crippen LogP contribution in [0.4, 0.5) is 11.6 Å². The first kappa shape index (κ1) is 21.5. The number of halogens is 1. The number of anilines is 2. The van der Waals surface area contributed by atoms with Crippen LogP contribution in [0.25, 0.3) is 22.5 Å². The summed E-state index contributed by atoms with van der Waals surface area (Å²) in [6.45, 7) is 2.26. The predicted octanol–water partition coefficient (Wildman–Crippen LogP) is 4.39. The second-order valence-corrected chi connectivity index (χ2v) is 9.90. The molecule has 2 aromatic carbocycles. The Morgan fingerprint density at radius 2 is 1.83 bits per heavy atom. The molecule has 1 aliphatic carbocycles. The molecule has 3 aromatic heterocycles. The molecule has 1 N–H and O–H groups in total. The van der Waals surface area contributed by atoms with Crippen LogP contribution in [-0.2, 0) is 12.8 Å². The number of fused-ring (bicyclic) bond motifs is 4. The summed E-state index contributed by atoms with van der Waals surface area (Å²) in [5.41, 5.74) is 4.53. The second kappa shape index (κ2) is 8.43. The van der Waals surface area contributed by atoms with Crippen LogP contribution >= 0.6 is 11.6 Å². The first-order chi connectivity index (χ1) is 17.7. The second-order valence-electron chi connectivity index (χ2n) is 9.50. The summed E-state index contributed by atoms with van der Waals surface area (Å²) in [5, 5.41) is 4.19. The lowest BCUT2D eigenvalue weighted by atomic mass is 10.0. The Balaban J connectivity index is 1.26. The quantitative estimate of drug-likeness (QED) is 0.396. The zero-order valence-electron chi connectivity index (χ0n) is 19.6. The monoisotopic (exact) mass is 497 g/mol. The van der Waals surface area contributed by atoms with Crippen LogP contribution in [0, 0.1) is 0 Å². The minimum atomic E-state index is -0.270. The minimum absolute atomic E-state index is 0.270. The number of hydrogen-bond donors (Lipinski definition) is 1. The van der Waals surface area contributed by atoms with Gasteiger partial charge in [-0.2, -0.15) is 4.98 Å². The molecule has 0 amide bonds. The van der Waals surface area contributed by atoms with Gasteiger partial charge in [-0.25, -0.2) is 14.5 Å². The molecule has 2 aliphatic rings. The Labute approximate surface area is 212 Å². The van der Waals surface area contributed by atoms with Gasteiger partial charge in [-0.15, -0.1) is 0 Å². The summed E-state index contributed by atoms with van der Waals surface area (Å²) in [6.07, 6.45) is 9.83. The van der Waals surface area contributed by atoms with E-state index in [1.165, 1.54) is 28.5 Å². The average Bonchev–Trinajstić information content (AvgIpc) is 3.65. The van der Waals surface area contributed by atoms with E-state index in [0.717, 1.165) is 37.7 Å². The van der Waals surface area contributed by atoms with E-state index in [2.05, 4.69) is 38.4 Å².